The normalized spacial score (nSPS) is 19.8. The third kappa shape index (κ3) is 4.65. The molecule has 2 N–H and O–H groups in total. The Kier molecular flexibility index (Phi) is 5.84. The number of carbonyl (C=O) groups excluding carboxylic acids is 1. The summed E-state index contributed by atoms with van der Waals surface area (Å²) in [5, 5.41) is 2.63. The summed E-state index contributed by atoms with van der Waals surface area (Å²) in [6.07, 6.45) is 1.76. The van der Waals surface area contributed by atoms with Gasteiger partial charge in [-0.2, -0.15) is 0 Å². The van der Waals surface area contributed by atoms with Crippen LogP contribution in [0.2, 0.25) is 0 Å². The fourth-order valence-corrected chi connectivity index (χ4v) is 5.39. The molecule has 1 atom stereocenters. The standard InChI is InChI=1S/C14H17BrN2O5S2/c1-2-6-16-24(21,22)11-3-4-13(15)12(8-11)14(18)17-10-5-7-23(19,20)9-10/h2-4,8,10,16H,1,5-7,9H2,(H,17,18)/t10-/m1/s1. The summed E-state index contributed by atoms with van der Waals surface area (Å²) in [6.45, 7) is 3.51. The summed E-state index contributed by atoms with van der Waals surface area (Å²) < 4.78 is 49.9. The summed E-state index contributed by atoms with van der Waals surface area (Å²) in [6, 6.07) is 3.61. The van der Waals surface area contributed by atoms with Crippen LogP contribution in [0.1, 0.15) is 16.8 Å². The molecule has 1 heterocycles. The number of sulfone groups is 1. The highest BCUT2D eigenvalue weighted by Crippen LogP contribution is 2.22. The molecule has 10 heteroatoms. The van der Waals surface area contributed by atoms with Gasteiger partial charge in [0.25, 0.3) is 5.91 Å². The van der Waals surface area contributed by atoms with E-state index in [9.17, 15) is 21.6 Å². The van der Waals surface area contributed by atoms with Gasteiger partial charge in [-0.3, -0.25) is 4.79 Å². The fraction of sp³-hybridized carbons (Fsp3) is 0.357. The zero-order chi connectivity index (χ0) is 18.0. The molecule has 1 saturated heterocycles. The minimum absolute atomic E-state index is 0.0407. The maximum atomic E-state index is 12.4. The Morgan fingerprint density at radius 1 is 1.42 bits per heavy atom. The zero-order valence-corrected chi connectivity index (χ0v) is 15.9. The van der Waals surface area contributed by atoms with E-state index >= 15 is 0 Å². The van der Waals surface area contributed by atoms with E-state index in [1.165, 1.54) is 24.3 Å². The molecule has 2 rings (SSSR count). The lowest BCUT2D eigenvalue weighted by atomic mass is 10.2. The molecule has 1 aliphatic heterocycles. The van der Waals surface area contributed by atoms with Crippen molar-refractivity contribution in [2.24, 2.45) is 0 Å². The van der Waals surface area contributed by atoms with Gasteiger partial charge in [-0.1, -0.05) is 6.08 Å². The van der Waals surface area contributed by atoms with Crippen LogP contribution in [0.3, 0.4) is 0 Å². The third-order valence-electron chi connectivity index (χ3n) is 3.48. The molecule has 0 aromatic heterocycles. The Bertz CT molecular complexity index is 865. The van der Waals surface area contributed by atoms with Crippen molar-refractivity contribution in [2.45, 2.75) is 17.4 Å². The molecular weight excluding hydrogens is 420 g/mol. The van der Waals surface area contributed by atoms with Gasteiger partial charge in [0.2, 0.25) is 10.0 Å². The van der Waals surface area contributed by atoms with E-state index < -0.39 is 31.8 Å². The van der Waals surface area contributed by atoms with Gasteiger partial charge in [0.05, 0.1) is 22.0 Å². The number of hydrogen-bond donors (Lipinski definition) is 2. The predicted octanol–water partition coefficient (Wildman–Crippen LogP) is 0.830. The summed E-state index contributed by atoms with van der Waals surface area (Å²) >= 11 is 3.21. The van der Waals surface area contributed by atoms with E-state index in [-0.39, 0.29) is 28.5 Å². The molecule has 0 aliphatic carbocycles. The second-order valence-corrected chi connectivity index (χ2v) is 10.2. The van der Waals surface area contributed by atoms with Crippen molar-refractivity contribution in [3.05, 3.63) is 40.9 Å². The van der Waals surface area contributed by atoms with Gasteiger partial charge in [-0.15, -0.1) is 6.58 Å². The van der Waals surface area contributed by atoms with Crippen molar-refractivity contribution in [3.8, 4) is 0 Å². The van der Waals surface area contributed by atoms with Gasteiger partial charge in [-0.05, 0) is 40.5 Å². The lowest BCUT2D eigenvalue weighted by molar-refractivity contribution is 0.0940. The number of carbonyl (C=O) groups is 1. The van der Waals surface area contributed by atoms with Crippen LogP contribution in [0.4, 0.5) is 0 Å². The summed E-state index contributed by atoms with van der Waals surface area (Å²) in [5.74, 6) is -0.585. The summed E-state index contributed by atoms with van der Waals surface area (Å²) in [7, 11) is -6.88. The molecule has 7 nitrogen and oxygen atoms in total. The molecule has 132 valence electrons. The Hall–Kier alpha value is -1.23. The maximum absolute atomic E-state index is 12.4. The number of amides is 1. The molecule has 0 bridgehead atoms. The van der Waals surface area contributed by atoms with Gasteiger partial charge in [0.1, 0.15) is 0 Å². The van der Waals surface area contributed by atoms with Gasteiger partial charge in [0.15, 0.2) is 9.84 Å². The molecule has 0 radical (unpaired) electrons. The third-order valence-corrected chi connectivity index (χ3v) is 7.36. The lowest BCUT2D eigenvalue weighted by Crippen LogP contribution is -2.36. The quantitative estimate of drug-likeness (QED) is 0.641. The smallest absolute Gasteiger partial charge is 0.252 e. The number of benzene rings is 1. The maximum Gasteiger partial charge on any atom is 0.252 e. The number of nitrogens with one attached hydrogen (secondary N) is 2. The Balaban J connectivity index is 2.22. The second kappa shape index (κ2) is 7.34. The van der Waals surface area contributed by atoms with Crippen molar-refractivity contribution in [1.29, 1.82) is 0 Å². The Morgan fingerprint density at radius 2 is 2.12 bits per heavy atom. The molecule has 1 amide bonds. The molecule has 1 fully saturated rings. The Morgan fingerprint density at radius 3 is 2.71 bits per heavy atom. The van der Waals surface area contributed by atoms with Crippen LogP contribution in [0.5, 0.6) is 0 Å². The fourth-order valence-electron chi connectivity index (χ4n) is 2.27. The topological polar surface area (TPSA) is 109 Å². The first kappa shape index (κ1) is 19.1. The molecule has 0 unspecified atom stereocenters. The molecule has 1 aromatic carbocycles. The lowest BCUT2D eigenvalue weighted by Gasteiger charge is -2.13. The second-order valence-electron chi connectivity index (χ2n) is 5.36. The molecule has 0 spiro atoms. The predicted molar refractivity (Wildman–Crippen MR) is 94.1 cm³/mol. The van der Waals surface area contributed by atoms with Crippen molar-refractivity contribution in [1.82, 2.24) is 10.0 Å². The van der Waals surface area contributed by atoms with Gasteiger partial charge < -0.3 is 5.32 Å². The SMILES string of the molecule is C=CCNS(=O)(=O)c1ccc(Br)c(C(=O)N[C@@H]2CCS(=O)(=O)C2)c1. The number of rotatable bonds is 6. The monoisotopic (exact) mass is 436 g/mol. The van der Waals surface area contributed by atoms with Crippen LogP contribution < -0.4 is 10.0 Å². The summed E-state index contributed by atoms with van der Waals surface area (Å²) in [5.41, 5.74) is 0.126. The van der Waals surface area contributed by atoms with E-state index in [0.29, 0.717) is 10.9 Å². The highest BCUT2D eigenvalue weighted by Gasteiger charge is 2.29. The molecule has 1 aliphatic rings. The van der Waals surface area contributed by atoms with E-state index in [1.807, 2.05) is 0 Å². The Labute approximate surface area is 149 Å². The van der Waals surface area contributed by atoms with Gasteiger partial charge in [0, 0.05) is 17.1 Å². The van der Waals surface area contributed by atoms with Crippen LogP contribution in [-0.4, -0.2) is 46.8 Å². The molecule has 24 heavy (non-hydrogen) atoms. The van der Waals surface area contributed by atoms with Crippen molar-refractivity contribution < 1.29 is 21.6 Å². The number of hydrogen-bond acceptors (Lipinski definition) is 5. The average molecular weight is 437 g/mol. The number of sulfonamides is 1. The minimum Gasteiger partial charge on any atom is -0.348 e. The van der Waals surface area contributed by atoms with Crippen LogP contribution in [0, 0.1) is 0 Å². The van der Waals surface area contributed by atoms with E-state index in [0.717, 1.165) is 0 Å². The molecule has 1 aromatic rings. The highest BCUT2D eigenvalue weighted by molar-refractivity contribution is 9.10. The summed E-state index contributed by atoms with van der Waals surface area (Å²) in [4.78, 5) is 12.3. The zero-order valence-electron chi connectivity index (χ0n) is 12.7. The van der Waals surface area contributed by atoms with Crippen molar-refractivity contribution in [2.75, 3.05) is 18.1 Å². The number of halogens is 1. The van der Waals surface area contributed by atoms with Crippen LogP contribution in [0.25, 0.3) is 0 Å². The molecular formula is C14H17BrN2O5S2. The highest BCUT2D eigenvalue weighted by atomic mass is 79.9. The van der Waals surface area contributed by atoms with Crippen LogP contribution in [-0.2, 0) is 19.9 Å². The van der Waals surface area contributed by atoms with E-state index in [4.69, 9.17) is 0 Å². The van der Waals surface area contributed by atoms with Crippen molar-refractivity contribution >= 4 is 41.7 Å². The largest absolute Gasteiger partial charge is 0.348 e. The van der Waals surface area contributed by atoms with Gasteiger partial charge >= 0.3 is 0 Å². The van der Waals surface area contributed by atoms with Crippen LogP contribution >= 0.6 is 15.9 Å². The molecule has 0 saturated carbocycles. The first-order valence-electron chi connectivity index (χ1n) is 7.06. The van der Waals surface area contributed by atoms with Crippen LogP contribution in [0.15, 0.2) is 40.2 Å². The minimum atomic E-state index is -3.76. The average Bonchev–Trinajstić information content (AvgIpc) is 2.84. The first-order valence-corrected chi connectivity index (χ1v) is 11.2. The first-order chi connectivity index (χ1) is 11.1. The van der Waals surface area contributed by atoms with E-state index in [2.05, 4.69) is 32.5 Å². The van der Waals surface area contributed by atoms with Gasteiger partial charge in [-0.25, -0.2) is 21.6 Å². The van der Waals surface area contributed by atoms with E-state index in [1.54, 1.807) is 0 Å². The van der Waals surface area contributed by atoms with Crippen molar-refractivity contribution in [3.63, 3.8) is 0 Å².